The van der Waals surface area contributed by atoms with Crippen molar-refractivity contribution in [1.82, 2.24) is 25.3 Å². The number of halogens is 3. The highest BCUT2D eigenvalue weighted by atomic mass is 19.4. The maximum atomic E-state index is 12.5. The number of alkyl halides is 3. The molecule has 1 aliphatic heterocycles. The summed E-state index contributed by atoms with van der Waals surface area (Å²) in [7, 11) is 1.96. The lowest BCUT2D eigenvalue weighted by atomic mass is 9.93. The van der Waals surface area contributed by atoms with Gasteiger partial charge >= 0.3 is 6.18 Å². The van der Waals surface area contributed by atoms with Gasteiger partial charge in [-0.25, -0.2) is 0 Å². The lowest BCUT2D eigenvalue weighted by molar-refractivity contribution is -0.148. The van der Waals surface area contributed by atoms with Gasteiger partial charge in [-0.1, -0.05) is 0 Å². The molecule has 6 nitrogen and oxygen atoms in total. The Morgan fingerprint density at radius 3 is 2.47 bits per heavy atom. The third kappa shape index (κ3) is 7.81. The zero-order valence-electron chi connectivity index (χ0n) is 18.9. The molecule has 1 atom stereocenters. The fraction of sp³-hybridized carbons (Fsp3) is 0.810. The van der Waals surface area contributed by atoms with Crippen LogP contribution in [-0.4, -0.2) is 65.6 Å². The Kier molecular flexibility index (Phi) is 9.00. The highest BCUT2D eigenvalue weighted by Crippen LogP contribution is 2.24. The first-order valence-corrected chi connectivity index (χ1v) is 10.9. The molecule has 0 spiro atoms. The first-order chi connectivity index (χ1) is 14.1. The van der Waals surface area contributed by atoms with E-state index in [0.29, 0.717) is 25.6 Å². The van der Waals surface area contributed by atoms with Gasteiger partial charge in [-0.2, -0.15) is 18.3 Å². The molecular formula is C21H37F3N6. The number of nitrogens with one attached hydrogen (secondary N) is 2. The van der Waals surface area contributed by atoms with Gasteiger partial charge in [-0.3, -0.25) is 14.6 Å². The summed E-state index contributed by atoms with van der Waals surface area (Å²) >= 11 is 0. The van der Waals surface area contributed by atoms with Gasteiger partial charge in [0.25, 0.3) is 0 Å². The quantitative estimate of drug-likeness (QED) is 0.491. The third-order valence-electron chi connectivity index (χ3n) is 5.81. The summed E-state index contributed by atoms with van der Waals surface area (Å²) in [6.45, 7) is 10.00. The van der Waals surface area contributed by atoms with E-state index in [0.717, 1.165) is 43.9 Å². The van der Waals surface area contributed by atoms with Gasteiger partial charge in [0, 0.05) is 31.9 Å². The predicted octanol–water partition coefficient (Wildman–Crippen LogP) is 3.19. The molecule has 30 heavy (non-hydrogen) atoms. The number of hydrogen-bond acceptors (Lipinski definition) is 3. The largest absolute Gasteiger partial charge is 0.401 e. The smallest absolute Gasteiger partial charge is 0.357 e. The molecule has 1 unspecified atom stereocenters. The minimum absolute atomic E-state index is 0.204. The average Bonchev–Trinajstić information content (AvgIpc) is 2.88. The lowest BCUT2D eigenvalue weighted by Crippen LogP contribution is -2.43. The van der Waals surface area contributed by atoms with Crippen LogP contribution in [0.4, 0.5) is 13.2 Å². The van der Waals surface area contributed by atoms with Gasteiger partial charge < -0.3 is 10.6 Å². The van der Waals surface area contributed by atoms with Gasteiger partial charge in [0.2, 0.25) is 0 Å². The van der Waals surface area contributed by atoms with E-state index in [1.165, 1.54) is 16.2 Å². The molecule has 1 aromatic heterocycles. The molecule has 0 saturated carbocycles. The van der Waals surface area contributed by atoms with Crippen LogP contribution in [0.15, 0.2) is 4.99 Å². The van der Waals surface area contributed by atoms with Crippen LogP contribution in [0.2, 0.25) is 0 Å². The summed E-state index contributed by atoms with van der Waals surface area (Å²) in [5.74, 6) is 1.23. The molecule has 0 bridgehead atoms. The van der Waals surface area contributed by atoms with Crippen LogP contribution in [0, 0.1) is 19.8 Å². The van der Waals surface area contributed by atoms with Crippen molar-refractivity contribution in [2.24, 2.45) is 18.0 Å². The molecule has 2 heterocycles. The number of aryl methyl sites for hydroxylation is 2. The molecule has 1 aromatic rings. The summed E-state index contributed by atoms with van der Waals surface area (Å²) in [5, 5.41) is 11.2. The molecule has 1 fully saturated rings. The zero-order valence-corrected chi connectivity index (χ0v) is 18.9. The number of piperidine rings is 1. The van der Waals surface area contributed by atoms with Gasteiger partial charge in [-0.15, -0.1) is 0 Å². The van der Waals surface area contributed by atoms with E-state index in [4.69, 9.17) is 4.99 Å². The minimum Gasteiger partial charge on any atom is -0.357 e. The Morgan fingerprint density at radius 2 is 1.93 bits per heavy atom. The highest BCUT2D eigenvalue weighted by Gasteiger charge is 2.32. The summed E-state index contributed by atoms with van der Waals surface area (Å²) in [4.78, 5) is 6.21. The third-order valence-corrected chi connectivity index (χ3v) is 5.81. The topological polar surface area (TPSA) is 57.5 Å². The van der Waals surface area contributed by atoms with Crippen molar-refractivity contribution in [3.05, 3.63) is 17.0 Å². The van der Waals surface area contributed by atoms with Crippen LogP contribution in [0.25, 0.3) is 0 Å². The van der Waals surface area contributed by atoms with Crippen molar-refractivity contribution in [3.63, 3.8) is 0 Å². The molecular weight excluding hydrogens is 393 g/mol. The second-order valence-electron chi connectivity index (χ2n) is 8.41. The molecule has 2 N–H and O–H groups in total. The average molecular weight is 431 g/mol. The first kappa shape index (κ1) is 24.5. The van der Waals surface area contributed by atoms with E-state index >= 15 is 0 Å². The van der Waals surface area contributed by atoms with Gasteiger partial charge in [0.1, 0.15) is 0 Å². The Morgan fingerprint density at radius 1 is 1.27 bits per heavy atom. The van der Waals surface area contributed by atoms with Crippen LogP contribution in [0.3, 0.4) is 0 Å². The monoisotopic (exact) mass is 430 g/mol. The van der Waals surface area contributed by atoms with Crippen molar-refractivity contribution in [1.29, 1.82) is 0 Å². The second kappa shape index (κ2) is 11.0. The predicted molar refractivity (Wildman–Crippen MR) is 115 cm³/mol. The van der Waals surface area contributed by atoms with Crippen LogP contribution in [0.5, 0.6) is 0 Å². The molecule has 0 aliphatic carbocycles. The number of guanidine groups is 1. The van der Waals surface area contributed by atoms with Gasteiger partial charge in [-0.05, 0) is 77.9 Å². The Labute approximate surface area is 178 Å². The molecule has 1 saturated heterocycles. The summed E-state index contributed by atoms with van der Waals surface area (Å²) < 4.78 is 39.4. The van der Waals surface area contributed by atoms with Crippen molar-refractivity contribution in [3.8, 4) is 0 Å². The fourth-order valence-corrected chi connectivity index (χ4v) is 4.07. The van der Waals surface area contributed by atoms with Crippen molar-refractivity contribution >= 4 is 5.96 Å². The van der Waals surface area contributed by atoms with Crippen molar-refractivity contribution in [2.45, 2.75) is 65.6 Å². The minimum atomic E-state index is -4.10. The van der Waals surface area contributed by atoms with E-state index in [-0.39, 0.29) is 6.04 Å². The van der Waals surface area contributed by atoms with E-state index in [2.05, 4.69) is 29.6 Å². The van der Waals surface area contributed by atoms with Crippen LogP contribution < -0.4 is 10.6 Å². The van der Waals surface area contributed by atoms with E-state index in [1.807, 2.05) is 25.6 Å². The Hall–Kier alpha value is -1.77. The second-order valence-corrected chi connectivity index (χ2v) is 8.41. The maximum Gasteiger partial charge on any atom is 0.401 e. The maximum absolute atomic E-state index is 12.5. The molecule has 2 rings (SSSR count). The van der Waals surface area contributed by atoms with Crippen LogP contribution >= 0.6 is 0 Å². The molecule has 0 radical (unpaired) electrons. The van der Waals surface area contributed by atoms with E-state index in [1.54, 1.807) is 0 Å². The van der Waals surface area contributed by atoms with Crippen LogP contribution in [-0.2, 0) is 13.5 Å². The fourth-order valence-electron chi connectivity index (χ4n) is 4.07. The first-order valence-electron chi connectivity index (χ1n) is 10.9. The highest BCUT2D eigenvalue weighted by molar-refractivity contribution is 5.80. The standard InChI is InChI=1S/C21H37F3N6/c1-6-25-20(27-15(2)13-19-16(3)28-29(5)17(19)4)26-10-7-18-8-11-30(12-9-18)14-21(22,23)24/h15,18H,6-14H2,1-5H3,(H2,25,26,27). The molecule has 0 aromatic carbocycles. The summed E-state index contributed by atoms with van der Waals surface area (Å²) in [6, 6.07) is 0.204. The van der Waals surface area contributed by atoms with E-state index < -0.39 is 12.7 Å². The number of hydrogen-bond donors (Lipinski definition) is 2. The van der Waals surface area contributed by atoms with Gasteiger partial charge in [0.05, 0.1) is 12.2 Å². The molecule has 0 amide bonds. The Bertz CT molecular complexity index is 690. The number of likely N-dealkylation sites (tertiary alicyclic amines) is 1. The van der Waals surface area contributed by atoms with Crippen LogP contribution in [0.1, 0.15) is 50.1 Å². The van der Waals surface area contributed by atoms with Gasteiger partial charge in [0.15, 0.2) is 5.96 Å². The molecule has 1 aliphatic rings. The summed E-state index contributed by atoms with van der Waals surface area (Å²) in [5.41, 5.74) is 3.50. The van der Waals surface area contributed by atoms with E-state index in [9.17, 15) is 13.2 Å². The van der Waals surface area contributed by atoms with Crippen molar-refractivity contribution in [2.75, 3.05) is 32.7 Å². The number of rotatable bonds is 8. The lowest BCUT2D eigenvalue weighted by Gasteiger charge is -2.32. The molecule has 172 valence electrons. The van der Waals surface area contributed by atoms with Crippen molar-refractivity contribution < 1.29 is 13.2 Å². The Balaban J connectivity index is 1.80. The zero-order chi connectivity index (χ0) is 22.3. The molecule has 9 heteroatoms. The normalized spacial score (nSPS) is 17.9. The summed E-state index contributed by atoms with van der Waals surface area (Å²) in [6.07, 6.45) is -0.705. The number of nitrogens with zero attached hydrogens (tertiary/aromatic N) is 4. The number of aliphatic imine (C=N–C) groups is 1. The SMILES string of the molecule is CCNC(=NCCC1CCN(CC(F)(F)F)CC1)NC(C)Cc1c(C)nn(C)c1C. The number of aromatic nitrogens is 2.